The maximum atomic E-state index is 12.1. The second kappa shape index (κ2) is 5.14. The largest absolute Gasteiger partial charge is 0.480 e. The molecule has 1 heterocycles. The maximum Gasteiger partial charge on any atom is 0.322 e. The van der Waals surface area contributed by atoms with Gasteiger partial charge in [-0.2, -0.15) is 12.7 Å². The average molecular weight is 276 g/mol. The molecule has 3 unspecified atom stereocenters. The van der Waals surface area contributed by atoms with Gasteiger partial charge in [0.05, 0.1) is 0 Å². The fourth-order valence-electron chi connectivity index (χ4n) is 2.42. The van der Waals surface area contributed by atoms with Crippen molar-refractivity contribution in [2.24, 2.45) is 11.8 Å². The van der Waals surface area contributed by atoms with Crippen LogP contribution in [0.5, 0.6) is 0 Å². The van der Waals surface area contributed by atoms with Crippen molar-refractivity contribution in [3.05, 3.63) is 0 Å². The van der Waals surface area contributed by atoms with E-state index >= 15 is 0 Å². The minimum atomic E-state index is -3.65. The van der Waals surface area contributed by atoms with Crippen molar-refractivity contribution in [2.45, 2.75) is 38.6 Å². The number of piperidine rings is 1. The molecular weight excluding hydrogens is 256 g/mol. The van der Waals surface area contributed by atoms with Gasteiger partial charge in [0, 0.05) is 13.1 Å². The first-order valence-electron chi connectivity index (χ1n) is 6.41. The second-order valence-corrected chi connectivity index (χ2v) is 6.99. The zero-order chi connectivity index (χ0) is 13.3. The van der Waals surface area contributed by atoms with Gasteiger partial charge in [0.15, 0.2) is 0 Å². The number of nitrogens with zero attached hydrogens (tertiary/aromatic N) is 1. The molecule has 0 aromatic carbocycles. The van der Waals surface area contributed by atoms with Gasteiger partial charge in [0.2, 0.25) is 0 Å². The van der Waals surface area contributed by atoms with E-state index in [4.69, 9.17) is 5.11 Å². The molecule has 1 saturated heterocycles. The Morgan fingerprint density at radius 2 is 2.11 bits per heavy atom. The van der Waals surface area contributed by atoms with E-state index in [0.717, 1.165) is 23.6 Å². The van der Waals surface area contributed by atoms with Crippen LogP contribution in [0.25, 0.3) is 0 Å². The second-order valence-electron chi connectivity index (χ2n) is 5.29. The number of aliphatic carboxylic acids is 1. The molecule has 6 nitrogen and oxygen atoms in total. The number of carboxylic acids is 1. The lowest BCUT2D eigenvalue weighted by Gasteiger charge is -2.31. The molecular formula is C11H20N2O4S. The molecule has 2 N–H and O–H groups in total. The molecule has 2 fully saturated rings. The summed E-state index contributed by atoms with van der Waals surface area (Å²) in [6, 6.07) is -0.909. The van der Waals surface area contributed by atoms with E-state index in [1.165, 1.54) is 0 Å². The Balaban J connectivity index is 1.99. The van der Waals surface area contributed by atoms with E-state index in [2.05, 4.69) is 11.6 Å². The zero-order valence-corrected chi connectivity index (χ0v) is 11.3. The molecule has 2 rings (SSSR count). The summed E-state index contributed by atoms with van der Waals surface area (Å²) < 4.78 is 27.8. The van der Waals surface area contributed by atoms with Crippen LogP contribution < -0.4 is 4.72 Å². The molecule has 0 amide bonds. The lowest BCUT2D eigenvalue weighted by Crippen LogP contribution is -2.52. The van der Waals surface area contributed by atoms with Gasteiger partial charge in [0.1, 0.15) is 6.04 Å². The molecule has 1 saturated carbocycles. The van der Waals surface area contributed by atoms with E-state index in [9.17, 15) is 13.2 Å². The van der Waals surface area contributed by atoms with Crippen molar-refractivity contribution in [1.29, 1.82) is 0 Å². The van der Waals surface area contributed by atoms with E-state index in [0.29, 0.717) is 31.3 Å². The topological polar surface area (TPSA) is 86.7 Å². The van der Waals surface area contributed by atoms with Crippen LogP contribution >= 0.6 is 0 Å². The predicted molar refractivity (Wildman–Crippen MR) is 66.2 cm³/mol. The molecule has 1 aliphatic carbocycles. The Labute approximate surface area is 108 Å². The van der Waals surface area contributed by atoms with Gasteiger partial charge in [-0.1, -0.05) is 6.92 Å². The lowest BCUT2D eigenvalue weighted by molar-refractivity contribution is -0.142. The van der Waals surface area contributed by atoms with Gasteiger partial charge in [-0.3, -0.25) is 4.79 Å². The Bertz CT molecular complexity index is 423. The van der Waals surface area contributed by atoms with Crippen LogP contribution in [-0.2, 0) is 15.0 Å². The molecule has 7 heteroatoms. The number of carbonyl (C=O) groups is 1. The van der Waals surface area contributed by atoms with Gasteiger partial charge in [-0.05, 0) is 37.5 Å². The number of hydrogen-bond donors (Lipinski definition) is 2. The van der Waals surface area contributed by atoms with Crippen molar-refractivity contribution in [3.8, 4) is 0 Å². The molecule has 0 radical (unpaired) electrons. The Hall–Kier alpha value is -0.660. The predicted octanol–water partition coefficient (Wildman–Crippen LogP) is 0.416. The Morgan fingerprint density at radius 3 is 2.67 bits per heavy atom. The summed E-state index contributed by atoms with van der Waals surface area (Å²) in [5.74, 6) is -0.0722. The van der Waals surface area contributed by atoms with Crippen LogP contribution in [0.1, 0.15) is 32.6 Å². The smallest absolute Gasteiger partial charge is 0.322 e. The molecule has 0 bridgehead atoms. The molecule has 18 heavy (non-hydrogen) atoms. The van der Waals surface area contributed by atoms with E-state index in [1.54, 1.807) is 0 Å². The van der Waals surface area contributed by atoms with Gasteiger partial charge >= 0.3 is 5.97 Å². The number of carboxylic acid groups (broad SMARTS) is 1. The van der Waals surface area contributed by atoms with Crippen LogP contribution in [0.2, 0.25) is 0 Å². The van der Waals surface area contributed by atoms with Crippen molar-refractivity contribution < 1.29 is 18.3 Å². The summed E-state index contributed by atoms with van der Waals surface area (Å²) in [6.45, 7) is 2.80. The lowest BCUT2D eigenvalue weighted by atomic mass is 10.1. The van der Waals surface area contributed by atoms with Crippen LogP contribution in [0.15, 0.2) is 0 Å². The zero-order valence-electron chi connectivity index (χ0n) is 10.5. The molecule has 3 atom stereocenters. The summed E-state index contributed by atoms with van der Waals surface area (Å²) in [6.07, 6.45) is 2.94. The van der Waals surface area contributed by atoms with Crippen LogP contribution in [0.4, 0.5) is 0 Å². The number of nitrogens with one attached hydrogen (secondary N) is 1. The van der Waals surface area contributed by atoms with Crippen molar-refractivity contribution in [3.63, 3.8) is 0 Å². The summed E-state index contributed by atoms with van der Waals surface area (Å²) in [5, 5.41) is 9.07. The third-order valence-electron chi connectivity index (χ3n) is 3.85. The molecule has 104 valence electrons. The fraction of sp³-hybridized carbons (Fsp3) is 0.909. The highest BCUT2D eigenvalue weighted by Crippen LogP contribution is 2.37. The van der Waals surface area contributed by atoms with Crippen molar-refractivity contribution in [1.82, 2.24) is 9.03 Å². The normalized spacial score (nSPS) is 33.3. The monoisotopic (exact) mass is 276 g/mol. The SMILES string of the molecule is CC1CC1CNS(=O)(=O)N1CCCCC1C(=O)O. The fourth-order valence-corrected chi connectivity index (χ4v) is 3.91. The summed E-state index contributed by atoms with van der Waals surface area (Å²) in [5.41, 5.74) is 0. The standard InChI is InChI=1S/C11H20N2O4S/c1-8-6-9(8)7-12-18(16,17)13-5-3-2-4-10(13)11(14)15/h8-10,12H,2-7H2,1H3,(H,14,15). The average Bonchev–Trinajstić information content (AvgIpc) is 3.03. The van der Waals surface area contributed by atoms with Crippen LogP contribution in [0.3, 0.4) is 0 Å². The van der Waals surface area contributed by atoms with Gasteiger partial charge in [-0.15, -0.1) is 0 Å². The maximum absolute atomic E-state index is 12.1. The van der Waals surface area contributed by atoms with E-state index in [-0.39, 0.29) is 0 Å². The molecule has 2 aliphatic rings. The van der Waals surface area contributed by atoms with Crippen LogP contribution in [0, 0.1) is 11.8 Å². The third kappa shape index (κ3) is 3.02. The van der Waals surface area contributed by atoms with Gasteiger partial charge in [-0.25, -0.2) is 4.72 Å². The minimum Gasteiger partial charge on any atom is -0.480 e. The van der Waals surface area contributed by atoms with Crippen molar-refractivity contribution in [2.75, 3.05) is 13.1 Å². The van der Waals surface area contributed by atoms with E-state index in [1.807, 2.05) is 0 Å². The highest BCUT2D eigenvalue weighted by molar-refractivity contribution is 7.87. The molecule has 0 aromatic heterocycles. The molecule has 0 spiro atoms. The first kappa shape index (κ1) is 13.8. The highest BCUT2D eigenvalue weighted by Gasteiger charge is 2.38. The number of rotatable bonds is 5. The van der Waals surface area contributed by atoms with E-state index < -0.39 is 22.2 Å². The van der Waals surface area contributed by atoms with Crippen molar-refractivity contribution >= 4 is 16.2 Å². The first-order valence-corrected chi connectivity index (χ1v) is 7.85. The van der Waals surface area contributed by atoms with Crippen LogP contribution in [-0.4, -0.2) is 42.9 Å². The minimum absolute atomic E-state index is 0.298. The quantitative estimate of drug-likeness (QED) is 0.761. The van der Waals surface area contributed by atoms with Gasteiger partial charge in [0.25, 0.3) is 10.2 Å². The molecule has 0 aromatic rings. The summed E-state index contributed by atoms with van der Waals surface area (Å²) in [4.78, 5) is 11.1. The highest BCUT2D eigenvalue weighted by atomic mass is 32.2. The van der Waals surface area contributed by atoms with Gasteiger partial charge < -0.3 is 5.11 Å². The Morgan fingerprint density at radius 1 is 1.44 bits per heavy atom. The first-order chi connectivity index (χ1) is 8.42. The number of hydrogen-bond acceptors (Lipinski definition) is 3. The third-order valence-corrected chi connectivity index (χ3v) is 5.44. The molecule has 1 aliphatic heterocycles. The Kier molecular flexibility index (Phi) is 3.93. The summed E-state index contributed by atoms with van der Waals surface area (Å²) >= 11 is 0. The summed E-state index contributed by atoms with van der Waals surface area (Å²) in [7, 11) is -3.65.